The number of hydrogen-bond donors (Lipinski definition) is 3. The summed E-state index contributed by atoms with van der Waals surface area (Å²) in [7, 11) is 0. The fraction of sp³-hybridized carbons (Fsp3) is 0.231. The van der Waals surface area contributed by atoms with Gasteiger partial charge in [0.2, 0.25) is 11.8 Å². The summed E-state index contributed by atoms with van der Waals surface area (Å²) in [5.74, 6) is -0.197. The molecule has 2 amide bonds. The van der Waals surface area contributed by atoms with Gasteiger partial charge >= 0.3 is 0 Å². The van der Waals surface area contributed by atoms with Gasteiger partial charge in [0.15, 0.2) is 0 Å². The number of rotatable bonds is 4. The third kappa shape index (κ3) is 3.97. The van der Waals surface area contributed by atoms with Gasteiger partial charge in [-0.15, -0.1) is 0 Å². The van der Waals surface area contributed by atoms with Crippen LogP contribution in [0, 0.1) is 0 Å². The lowest BCUT2D eigenvalue weighted by atomic mass is 9.94. The van der Waals surface area contributed by atoms with Crippen molar-refractivity contribution in [1.82, 2.24) is 10.6 Å². The number of benzene rings is 3. The average Bonchev–Trinajstić information content (AvgIpc) is 2.94. The van der Waals surface area contributed by atoms with E-state index in [4.69, 9.17) is 0 Å². The molecular formula is C26H25N3O2. The molecule has 5 nitrogen and oxygen atoms in total. The van der Waals surface area contributed by atoms with Crippen LogP contribution >= 0.6 is 0 Å². The first kappa shape index (κ1) is 19.5. The molecule has 1 aliphatic carbocycles. The molecule has 3 N–H and O–H groups in total. The summed E-state index contributed by atoms with van der Waals surface area (Å²) in [5.41, 5.74) is 6.79. The van der Waals surface area contributed by atoms with Gasteiger partial charge in [-0.25, -0.2) is 0 Å². The van der Waals surface area contributed by atoms with Gasteiger partial charge in [0.05, 0.1) is 25.0 Å². The van der Waals surface area contributed by atoms with E-state index in [2.05, 4.69) is 64.5 Å². The highest BCUT2D eigenvalue weighted by molar-refractivity contribution is 5.95. The number of amides is 2. The molecule has 1 atom stereocenters. The topological polar surface area (TPSA) is 70.2 Å². The van der Waals surface area contributed by atoms with Crippen molar-refractivity contribution in [3.8, 4) is 0 Å². The number of carbonyl (C=O) groups is 2. The lowest BCUT2D eigenvalue weighted by Gasteiger charge is -2.27. The minimum Gasteiger partial charge on any atom is -0.348 e. The molecule has 0 saturated carbocycles. The molecule has 5 rings (SSSR count). The number of anilines is 1. The molecule has 3 aromatic carbocycles. The monoisotopic (exact) mass is 411 g/mol. The Morgan fingerprint density at radius 1 is 0.839 bits per heavy atom. The quantitative estimate of drug-likeness (QED) is 0.614. The molecule has 1 aliphatic heterocycles. The highest BCUT2D eigenvalue weighted by Crippen LogP contribution is 2.33. The SMILES string of the molecule is O=C1CC(NC(=O)CNC2c3ccccc3CCc3ccccc32)c2ccccc2N1. The van der Waals surface area contributed by atoms with Gasteiger partial charge < -0.3 is 10.6 Å². The first-order chi connectivity index (χ1) is 15.2. The second-order valence-electron chi connectivity index (χ2n) is 8.17. The van der Waals surface area contributed by atoms with E-state index in [1.165, 1.54) is 22.3 Å². The van der Waals surface area contributed by atoms with Gasteiger partial charge in [-0.1, -0.05) is 66.7 Å². The van der Waals surface area contributed by atoms with Crippen LogP contribution in [0.25, 0.3) is 0 Å². The van der Waals surface area contributed by atoms with E-state index < -0.39 is 0 Å². The third-order valence-electron chi connectivity index (χ3n) is 6.20. The average molecular weight is 412 g/mol. The van der Waals surface area contributed by atoms with E-state index in [1.807, 2.05) is 24.3 Å². The summed E-state index contributed by atoms with van der Waals surface area (Å²) >= 11 is 0. The molecule has 0 radical (unpaired) electrons. The van der Waals surface area contributed by atoms with Gasteiger partial charge in [-0.05, 0) is 46.7 Å². The van der Waals surface area contributed by atoms with Crippen molar-refractivity contribution in [3.05, 3.63) is 101 Å². The van der Waals surface area contributed by atoms with Crippen LogP contribution in [0.1, 0.15) is 46.3 Å². The lowest BCUT2D eigenvalue weighted by Crippen LogP contribution is -2.40. The zero-order valence-electron chi connectivity index (χ0n) is 17.2. The normalized spacial score (nSPS) is 17.5. The minimum atomic E-state index is -0.312. The zero-order valence-corrected chi connectivity index (χ0v) is 17.2. The van der Waals surface area contributed by atoms with Crippen molar-refractivity contribution < 1.29 is 9.59 Å². The molecule has 1 unspecified atom stereocenters. The Hall–Kier alpha value is -3.44. The van der Waals surface area contributed by atoms with Crippen molar-refractivity contribution in [3.63, 3.8) is 0 Å². The van der Waals surface area contributed by atoms with Crippen LogP contribution in [-0.4, -0.2) is 18.4 Å². The Kier molecular flexibility index (Phi) is 5.26. The highest BCUT2D eigenvalue weighted by Gasteiger charge is 2.27. The van der Waals surface area contributed by atoms with E-state index in [0.29, 0.717) is 0 Å². The smallest absolute Gasteiger partial charge is 0.234 e. The summed E-state index contributed by atoms with van der Waals surface area (Å²) in [5, 5.41) is 9.40. The molecule has 156 valence electrons. The first-order valence-electron chi connectivity index (χ1n) is 10.8. The van der Waals surface area contributed by atoms with E-state index in [1.54, 1.807) is 0 Å². The van der Waals surface area contributed by atoms with E-state index in [9.17, 15) is 9.59 Å². The van der Waals surface area contributed by atoms with Gasteiger partial charge in [0, 0.05) is 5.69 Å². The number of fused-ring (bicyclic) bond motifs is 3. The molecule has 0 saturated heterocycles. The Balaban J connectivity index is 1.35. The number of para-hydroxylation sites is 1. The molecular weight excluding hydrogens is 386 g/mol. The Labute approximate surface area is 181 Å². The summed E-state index contributed by atoms with van der Waals surface area (Å²) in [6, 6.07) is 24.2. The first-order valence-corrected chi connectivity index (χ1v) is 10.8. The van der Waals surface area contributed by atoms with Crippen molar-refractivity contribution in [2.45, 2.75) is 31.3 Å². The van der Waals surface area contributed by atoms with Crippen molar-refractivity contribution >= 4 is 17.5 Å². The van der Waals surface area contributed by atoms with E-state index in [0.717, 1.165) is 24.1 Å². The maximum atomic E-state index is 12.9. The summed E-state index contributed by atoms with van der Waals surface area (Å²) in [6.07, 6.45) is 2.23. The third-order valence-corrected chi connectivity index (χ3v) is 6.20. The molecule has 0 spiro atoms. The predicted octanol–water partition coefficient (Wildman–Crippen LogP) is 3.66. The van der Waals surface area contributed by atoms with Crippen LogP contribution < -0.4 is 16.0 Å². The van der Waals surface area contributed by atoms with E-state index >= 15 is 0 Å². The molecule has 5 heteroatoms. The fourth-order valence-electron chi connectivity index (χ4n) is 4.72. The summed E-state index contributed by atoms with van der Waals surface area (Å²) in [4.78, 5) is 24.9. The van der Waals surface area contributed by atoms with Crippen LogP contribution in [-0.2, 0) is 22.4 Å². The fourth-order valence-corrected chi connectivity index (χ4v) is 4.72. The van der Waals surface area contributed by atoms with Gasteiger partial charge in [-0.3, -0.25) is 14.9 Å². The number of nitrogens with one attached hydrogen (secondary N) is 3. The van der Waals surface area contributed by atoms with Crippen LogP contribution in [0.3, 0.4) is 0 Å². The number of carbonyl (C=O) groups excluding carboxylic acids is 2. The van der Waals surface area contributed by atoms with Crippen molar-refractivity contribution in [2.75, 3.05) is 11.9 Å². The Morgan fingerprint density at radius 2 is 1.42 bits per heavy atom. The largest absolute Gasteiger partial charge is 0.348 e. The highest BCUT2D eigenvalue weighted by atomic mass is 16.2. The minimum absolute atomic E-state index is 0.0393. The van der Waals surface area contributed by atoms with Crippen molar-refractivity contribution in [1.29, 1.82) is 0 Å². The second-order valence-corrected chi connectivity index (χ2v) is 8.17. The molecule has 2 aliphatic rings. The van der Waals surface area contributed by atoms with Crippen LogP contribution in [0.4, 0.5) is 5.69 Å². The molecule has 1 heterocycles. The van der Waals surface area contributed by atoms with Crippen LogP contribution in [0.5, 0.6) is 0 Å². The van der Waals surface area contributed by atoms with E-state index in [-0.39, 0.29) is 36.9 Å². The van der Waals surface area contributed by atoms with Gasteiger partial charge in [-0.2, -0.15) is 0 Å². The summed E-state index contributed by atoms with van der Waals surface area (Å²) < 4.78 is 0. The van der Waals surface area contributed by atoms with Crippen LogP contribution in [0.15, 0.2) is 72.8 Å². The van der Waals surface area contributed by atoms with Crippen LogP contribution in [0.2, 0.25) is 0 Å². The maximum absolute atomic E-state index is 12.9. The van der Waals surface area contributed by atoms with Gasteiger partial charge in [0.25, 0.3) is 0 Å². The molecule has 31 heavy (non-hydrogen) atoms. The molecule has 0 fully saturated rings. The Morgan fingerprint density at radius 3 is 2.10 bits per heavy atom. The predicted molar refractivity (Wildman–Crippen MR) is 121 cm³/mol. The maximum Gasteiger partial charge on any atom is 0.234 e. The summed E-state index contributed by atoms with van der Waals surface area (Å²) in [6.45, 7) is 0.174. The molecule has 0 bridgehead atoms. The second kappa shape index (κ2) is 8.36. The van der Waals surface area contributed by atoms with Gasteiger partial charge in [0.1, 0.15) is 0 Å². The Bertz CT molecular complexity index is 1090. The lowest BCUT2D eigenvalue weighted by molar-refractivity contribution is -0.121. The zero-order chi connectivity index (χ0) is 21.2. The molecule has 0 aromatic heterocycles. The molecule has 3 aromatic rings. The number of aryl methyl sites for hydroxylation is 2. The standard InChI is InChI=1S/C26H25N3O2/c30-24-15-23(21-11-5-6-12-22(21)28-24)29-25(31)16-27-26-19-9-3-1-7-17(19)13-14-18-8-2-4-10-20(18)26/h1-12,23,26-27H,13-16H2,(H,28,30)(H,29,31). The number of hydrogen-bond acceptors (Lipinski definition) is 3. The van der Waals surface area contributed by atoms with Crippen molar-refractivity contribution in [2.24, 2.45) is 0 Å².